The molecular formula is C22H22N4O2. The molecule has 1 aromatic heterocycles. The molecule has 0 aliphatic carbocycles. The molecule has 4 rings (SSSR count). The lowest BCUT2D eigenvalue weighted by Crippen LogP contribution is -2.12. The van der Waals surface area contributed by atoms with Gasteiger partial charge >= 0.3 is 0 Å². The van der Waals surface area contributed by atoms with E-state index in [2.05, 4.69) is 40.8 Å². The van der Waals surface area contributed by atoms with Gasteiger partial charge in [0.25, 0.3) is 5.91 Å². The van der Waals surface area contributed by atoms with E-state index >= 15 is 0 Å². The maximum atomic E-state index is 12.6. The summed E-state index contributed by atoms with van der Waals surface area (Å²) in [5.41, 5.74) is 7.40. The van der Waals surface area contributed by atoms with Crippen molar-refractivity contribution >= 4 is 23.0 Å². The maximum absolute atomic E-state index is 12.6. The van der Waals surface area contributed by atoms with Gasteiger partial charge in [0.05, 0.1) is 22.6 Å². The summed E-state index contributed by atoms with van der Waals surface area (Å²) in [4.78, 5) is 17.1. The van der Waals surface area contributed by atoms with E-state index < -0.39 is 0 Å². The first-order valence-electron chi connectivity index (χ1n) is 9.15. The first-order valence-corrected chi connectivity index (χ1v) is 9.15. The fourth-order valence-electron chi connectivity index (χ4n) is 3.15. The monoisotopic (exact) mass is 374 g/mol. The Labute approximate surface area is 164 Å². The molecule has 0 fully saturated rings. The van der Waals surface area contributed by atoms with Gasteiger partial charge in [-0.3, -0.25) is 9.78 Å². The Morgan fingerprint density at radius 2 is 1.86 bits per heavy atom. The number of carbonyl (C=O) groups excluding carboxylic acids is 1. The van der Waals surface area contributed by atoms with Crippen LogP contribution in [0.2, 0.25) is 0 Å². The van der Waals surface area contributed by atoms with Crippen LogP contribution >= 0.6 is 0 Å². The molecule has 0 atom stereocenters. The number of aromatic nitrogens is 1. The summed E-state index contributed by atoms with van der Waals surface area (Å²) >= 11 is 0. The molecule has 142 valence electrons. The Bertz CT molecular complexity index is 1020. The number of anilines is 3. The molecule has 1 aliphatic rings. The normalized spacial score (nSPS) is 12.9. The highest BCUT2D eigenvalue weighted by molar-refractivity contribution is 6.04. The molecule has 0 saturated heterocycles. The number of rotatable bonds is 3. The van der Waals surface area contributed by atoms with E-state index in [4.69, 9.17) is 4.74 Å². The van der Waals surface area contributed by atoms with Crippen LogP contribution in [0.1, 0.15) is 21.5 Å². The van der Waals surface area contributed by atoms with Gasteiger partial charge in [-0.15, -0.1) is 0 Å². The van der Waals surface area contributed by atoms with Crippen molar-refractivity contribution in [3.8, 4) is 11.3 Å². The molecule has 6 nitrogen and oxygen atoms in total. The number of amides is 1. The molecule has 0 saturated carbocycles. The first kappa shape index (κ1) is 18.0. The molecule has 1 aliphatic heterocycles. The summed E-state index contributed by atoms with van der Waals surface area (Å²) in [5.74, 6) is -0.196. The Balaban J connectivity index is 1.51. The smallest absolute Gasteiger partial charge is 0.257 e. The number of hydrogen-bond donors (Lipinski definition) is 3. The summed E-state index contributed by atoms with van der Waals surface area (Å²) in [6, 6.07) is 15.5. The molecule has 0 radical (unpaired) electrons. The Morgan fingerprint density at radius 1 is 1.04 bits per heavy atom. The van der Waals surface area contributed by atoms with Crippen LogP contribution in [0, 0.1) is 13.8 Å². The average Bonchev–Trinajstić information content (AvgIpc) is 2.95. The van der Waals surface area contributed by atoms with Crippen molar-refractivity contribution in [2.24, 2.45) is 0 Å². The summed E-state index contributed by atoms with van der Waals surface area (Å²) in [5, 5.41) is 9.25. The van der Waals surface area contributed by atoms with E-state index in [1.54, 1.807) is 12.3 Å². The minimum Gasteiger partial charge on any atom is -0.361 e. The lowest BCUT2D eigenvalue weighted by atomic mass is 10.0. The quantitative estimate of drug-likeness (QED) is 0.634. The van der Waals surface area contributed by atoms with Crippen molar-refractivity contribution in [3.05, 3.63) is 71.4 Å². The van der Waals surface area contributed by atoms with Gasteiger partial charge in [0, 0.05) is 17.4 Å². The lowest BCUT2D eigenvalue weighted by Gasteiger charge is -2.11. The second kappa shape index (κ2) is 7.70. The fourth-order valence-corrected chi connectivity index (χ4v) is 3.15. The molecule has 0 unspecified atom stereocenters. The van der Waals surface area contributed by atoms with Crippen LogP contribution in [0.15, 0.2) is 54.7 Å². The van der Waals surface area contributed by atoms with Crippen LogP contribution in [0.25, 0.3) is 11.3 Å². The zero-order chi connectivity index (χ0) is 19.5. The Kier molecular flexibility index (Phi) is 4.95. The van der Waals surface area contributed by atoms with Gasteiger partial charge in [0.2, 0.25) is 0 Å². The van der Waals surface area contributed by atoms with Gasteiger partial charge in [0.15, 0.2) is 0 Å². The second-order valence-electron chi connectivity index (χ2n) is 6.74. The van der Waals surface area contributed by atoms with Gasteiger partial charge < -0.3 is 20.7 Å². The summed E-state index contributed by atoms with van der Waals surface area (Å²) in [7, 11) is 0. The number of nitrogens with zero attached hydrogens (tertiary/aromatic N) is 1. The number of benzene rings is 2. The van der Waals surface area contributed by atoms with E-state index in [-0.39, 0.29) is 5.91 Å². The van der Waals surface area contributed by atoms with Crippen LogP contribution in [0.5, 0.6) is 0 Å². The van der Waals surface area contributed by atoms with Crippen LogP contribution in [-0.4, -0.2) is 24.4 Å². The van der Waals surface area contributed by atoms with Crippen molar-refractivity contribution in [1.82, 2.24) is 4.98 Å². The van der Waals surface area contributed by atoms with Crippen LogP contribution in [0.4, 0.5) is 17.1 Å². The summed E-state index contributed by atoms with van der Waals surface area (Å²) in [6.07, 6.45) is 1.61. The number of carbonyl (C=O) groups is 1. The van der Waals surface area contributed by atoms with Crippen LogP contribution < -0.4 is 16.0 Å². The topological polar surface area (TPSA) is 75.3 Å². The van der Waals surface area contributed by atoms with Crippen LogP contribution in [0.3, 0.4) is 0 Å². The van der Waals surface area contributed by atoms with Gasteiger partial charge in [-0.2, -0.15) is 0 Å². The number of nitrogens with one attached hydrogen (secondary N) is 3. The number of fused-ring (bicyclic) bond motifs is 1. The molecule has 3 N–H and O–H groups in total. The predicted octanol–water partition coefficient (Wildman–Crippen LogP) is 4.39. The molecule has 1 amide bonds. The Morgan fingerprint density at radius 3 is 2.64 bits per heavy atom. The Hall–Kier alpha value is -3.38. The summed E-state index contributed by atoms with van der Waals surface area (Å²) < 4.78 is 5.31. The van der Waals surface area contributed by atoms with E-state index in [9.17, 15) is 4.79 Å². The molecule has 28 heavy (non-hydrogen) atoms. The standard InChI is InChI=1S/C22H22N4O2/c1-14-4-3-5-18(15(14)2)19-8-6-16(11-23-19)22(27)26-17-7-9-20-21(10-17)25-13-28-12-24-20/h3-11,24-25H,12-13H2,1-2H3,(H,26,27). The van der Waals surface area contributed by atoms with Crippen molar-refractivity contribution in [2.45, 2.75) is 13.8 Å². The highest BCUT2D eigenvalue weighted by Crippen LogP contribution is 2.27. The molecule has 0 spiro atoms. The van der Waals surface area contributed by atoms with E-state index in [0.717, 1.165) is 22.6 Å². The van der Waals surface area contributed by atoms with Crippen molar-refractivity contribution in [2.75, 3.05) is 29.4 Å². The van der Waals surface area contributed by atoms with Crippen molar-refractivity contribution in [1.29, 1.82) is 0 Å². The summed E-state index contributed by atoms with van der Waals surface area (Å²) in [6.45, 7) is 5.03. The van der Waals surface area contributed by atoms with Gasteiger partial charge in [-0.1, -0.05) is 18.2 Å². The van der Waals surface area contributed by atoms with Gasteiger partial charge in [0.1, 0.15) is 13.5 Å². The van der Waals surface area contributed by atoms with Gasteiger partial charge in [-0.05, 0) is 55.3 Å². The minimum absolute atomic E-state index is 0.196. The third kappa shape index (κ3) is 3.68. The second-order valence-corrected chi connectivity index (χ2v) is 6.74. The molecular weight excluding hydrogens is 352 g/mol. The van der Waals surface area contributed by atoms with Crippen molar-refractivity contribution in [3.63, 3.8) is 0 Å². The number of pyridine rings is 1. The maximum Gasteiger partial charge on any atom is 0.257 e. The van der Waals surface area contributed by atoms with E-state index in [1.165, 1.54) is 11.1 Å². The lowest BCUT2D eigenvalue weighted by molar-refractivity contribution is 0.102. The molecule has 0 bridgehead atoms. The van der Waals surface area contributed by atoms with Gasteiger partial charge in [-0.25, -0.2) is 0 Å². The SMILES string of the molecule is Cc1cccc(-c2ccc(C(=O)Nc3ccc4c(c3)NCOCN4)cn2)c1C. The predicted molar refractivity (Wildman–Crippen MR) is 112 cm³/mol. The molecule has 2 heterocycles. The van der Waals surface area contributed by atoms with E-state index in [1.807, 2.05) is 36.4 Å². The zero-order valence-electron chi connectivity index (χ0n) is 15.9. The first-order chi connectivity index (χ1) is 13.6. The molecule has 6 heteroatoms. The highest BCUT2D eigenvalue weighted by Gasteiger charge is 2.12. The largest absolute Gasteiger partial charge is 0.361 e. The minimum atomic E-state index is -0.196. The third-order valence-corrected chi connectivity index (χ3v) is 4.91. The molecule has 2 aromatic carbocycles. The highest BCUT2D eigenvalue weighted by atomic mass is 16.5. The van der Waals surface area contributed by atoms with Crippen molar-refractivity contribution < 1.29 is 9.53 Å². The van der Waals surface area contributed by atoms with Crippen LogP contribution in [-0.2, 0) is 4.74 Å². The van der Waals surface area contributed by atoms with E-state index in [0.29, 0.717) is 24.7 Å². The molecule has 3 aromatic rings. The third-order valence-electron chi connectivity index (χ3n) is 4.91. The fraction of sp³-hybridized carbons (Fsp3) is 0.182. The zero-order valence-corrected chi connectivity index (χ0v) is 15.9. The number of ether oxygens (including phenoxy) is 1. The number of aryl methyl sites for hydroxylation is 1. The average molecular weight is 374 g/mol. The number of hydrogen-bond acceptors (Lipinski definition) is 5.